The smallest absolute Gasteiger partial charge is 0.146 e. The Hall–Kier alpha value is -1.95. The van der Waals surface area contributed by atoms with Crippen LogP contribution in [0.25, 0.3) is 0 Å². The van der Waals surface area contributed by atoms with Gasteiger partial charge in [-0.05, 0) is 48.9 Å². The molecule has 2 aromatic carbocycles. The highest BCUT2D eigenvalue weighted by atomic mass is 19.1. The van der Waals surface area contributed by atoms with Crippen LogP contribution in [-0.4, -0.2) is 47.3 Å². The van der Waals surface area contributed by atoms with Crippen LogP contribution in [0.4, 0.5) is 10.1 Å². The summed E-state index contributed by atoms with van der Waals surface area (Å²) >= 11 is 0. The number of piperazine rings is 1. The molecule has 0 bridgehead atoms. The van der Waals surface area contributed by atoms with Crippen LogP contribution in [0.3, 0.4) is 0 Å². The van der Waals surface area contributed by atoms with Crippen molar-refractivity contribution in [1.29, 1.82) is 0 Å². The van der Waals surface area contributed by atoms with Crippen molar-refractivity contribution in [2.75, 3.05) is 31.1 Å². The zero-order chi connectivity index (χ0) is 19.6. The van der Waals surface area contributed by atoms with Gasteiger partial charge in [0.25, 0.3) is 0 Å². The summed E-state index contributed by atoms with van der Waals surface area (Å²) in [5.74, 6) is -0.149. The molecule has 1 saturated carbocycles. The molecule has 150 valence electrons. The van der Waals surface area contributed by atoms with Crippen LogP contribution in [0.2, 0.25) is 0 Å². The molecule has 28 heavy (non-hydrogen) atoms. The van der Waals surface area contributed by atoms with Crippen LogP contribution in [0, 0.1) is 5.82 Å². The van der Waals surface area contributed by atoms with Gasteiger partial charge in [0.15, 0.2) is 0 Å². The van der Waals surface area contributed by atoms with E-state index in [2.05, 4.69) is 9.80 Å². The average molecular weight is 384 g/mol. The van der Waals surface area contributed by atoms with Crippen molar-refractivity contribution in [3.05, 3.63) is 65.5 Å². The molecule has 1 saturated heterocycles. The first kappa shape index (κ1) is 19.4. The summed E-state index contributed by atoms with van der Waals surface area (Å²) in [6, 6.07) is 15.2. The van der Waals surface area contributed by atoms with Gasteiger partial charge >= 0.3 is 0 Å². The van der Waals surface area contributed by atoms with Crippen molar-refractivity contribution in [3.63, 3.8) is 0 Å². The van der Waals surface area contributed by atoms with Crippen molar-refractivity contribution in [2.45, 2.75) is 43.9 Å². The maximum absolute atomic E-state index is 14.0. The van der Waals surface area contributed by atoms with Crippen LogP contribution >= 0.6 is 0 Å². The van der Waals surface area contributed by atoms with Crippen molar-refractivity contribution >= 4 is 5.69 Å². The van der Waals surface area contributed by atoms with Gasteiger partial charge in [-0.3, -0.25) is 4.90 Å². The number of nitrogens with zero attached hydrogens (tertiary/aromatic N) is 2. The molecule has 0 aromatic heterocycles. The molecule has 0 spiro atoms. The number of benzene rings is 2. The summed E-state index contributed by atoms with van der Waals surface area (Å²) in [6.07, 6.45) is 3.39. The van der Waals surface area contributed by atoms with Gasteiger partial charge in [-0.1, -0.05) is 36.4 Å². The van der Waals surface area contributed by atoms with Crippen LogP contribution in [0.15, 0.2) is 48.5 Å². The van der Waals surface area contributed by atoms with Crippen molar-refractivity contribution in [2.24, 2.45) is 0 Å². The fourth-order valence-corrected chi connectivity index (χ4v) is 4.73. The largest absolute Gasteiger partial charge is 0.392 e. The molecular formula is C23H29FN2O2. The summed E-state index contributed by atoms with van der Waals surface area (Å²) < 4.78 is 14.0. The minimum atomic E-state index is -0.795. The molecule has 4 rings (SSSR count). The van der Waals surface area contributed by atoms with Crippen LogP contribution < -0.4 is 4.90 Å². The van der Waals surface area contributed by atoms with E-state index in [9.17, 15) is 14.6 Å². The van der Waals surface area contributed by atoms with E-state index in [0.717, 1.165) is 63.0 Å². The average Bonchev–Trinajstić information content (AvgIpc) is 2.75. The lowest BCUT2D eigenvalue weighted by atomic mass is 9.77. The molecule has 2 fully saturated rings. The van der Waals surface area contributed by atoms with Crippen LogP contribution in [0.5, 0.6) is 0 Å². The highest BCUT2D eigenvalue weighted by Gasteiger charge is 2.37. The van der Waals surface area contributed by atoms with Gasteiger partial charge in [-0.2, -0.15) is 0 Å². The molecule has 0 radical (unpaired) electrons. The van der Waals surface area contributed by atoms with E-state index >= 15 is 0 Å². The number of anilines is 1. The zero-order valence-corrected chi connectivity index (χ0v) is 16.2. The van der Waals surface area contributed by atoms with Gasteiger partial charge in [-0.25, -0.2) is 4.39 Å². The summed E-state index contributed by atoms with van der Waals surface area (Å²) in [6.45, 7) is 3.52. The van der Waals surface area contributed by atoms with Gasteiger partial charge in [0, 0.05) is 32.2 Å². The van der Waals surface area contributed by atoms with Crippen molar-refractivity contribution in [3.8, 4) is 0 Å². The third-order valence-electron chi connectivity index (χ3n) is 6.45. The predicted molar refractivity (Wildman–Crippen MR) is 109 cm³/mol. The fraction of sp³-hybridized carbons (Fsp3) is 0.478. The minimum Gasteiger partial charge on any atom is -0.392 e. The number of aliphatic hydroxyl groups excluding tert-OH is 1. The van der Waals surface area contributed by atoms with Gasteiger partial charge in [0.05, 0.1) is 17.9 Å². The van der Waals surface area contributed by atoms with Crippen LogP contribution in [-0.2, 0) is 12.2 Å². The third kappa shape index (κ3) is 3.93. The van der Waals surface area contributed by atoms with Crippen molar-refractivity contribution < 1.29 is 14.6 Å². The topological polar surface area (TPSA) is 46.9 Å². The Bertz CT molecular complexity index is 797. The van der Waals surface area contributed by atoms with E-state index < -0.39 is 5.60 Å². The summed E-state index contributed by atoms with van der Waals surface area (Å²) in [5.41, 5.74) is 1.67. The molecule has 2 aliphatic rings. The molecule has 1 aliphatic carbocycles. The summed E-state index contributed by atoms with van der Waals surface area (Å²) in [5, 5.41) is 20.5. The quantitative estimate of drug-likeness (QED) is 0.849. The molecular weight excluding hydrogens is 355 g/mol. The number of hydrogen-bond donors (Lipinski definition) is 2. The van der Waals surface area contributed by atoms with Crippen molar-refractivity contribution in [1.82, 2.24) is 4.90 Å². The van der Waals surface area contributed by atoms with E-state index in [1.807, 2.05) is 36.4 Å². The molecule has 1 heterocycles. The number of hydrogen-bond acceptors (Lipinski definition) is 4. The summed E-state index contributed by atoms with van der Waals surface area (Å²) in [4.78, 5) is 4.63. The molecule has 0 atom stereocenters. The van der Waals surface area contributed by atoms with E-state index in [4.69, 9.17) is 0 Å². The number of aliphatic hydroxyl groups is 2. The third-order valence-corrected chi connectivity index (χ3v) is 6.45. The number of rotatable bonds is 4. The Morgan fingerprint density at radius 2 is 1.68 bits per heavy atom. The molecule has 4 nitrogen and oxygen atoms in total. The fourth-order valence-electron chi connectivity index (χ4n) is 4.73. The lowest BCUT2D eigenvalue weighted by molar-refractivity contribution is -0.0258. The Balaban J connectivity index is 1.34. The van der Waals surface area contributed by atoms with E-state index in [1.54, 1.807) is 6.07 Å². The first-order chi connectivity index (χ1) is 13.6. The Morgan fingerprint density at radius 1 is 0.964 bits per heavy atom. The van der Waals surface area contributed by atoms with E-state index in [1.165, 1.54) is 6.07 Å². The number of halogens is 1. The Morgan fingerprint density at radius 3 is 2.36 bits per heavy atom. The maximum atomic E-state index is 14.0. The second kappa shape index (κ2) is 8.19. The second-order valence-electron chi connectivity index (χ2n) is 8.10. The van der Waals surface area contributed by atoms with Crippen LogP contribution in [0.1, 0.15) is 36.8 Å². The summed E-state index contributed by atoms with van der Waals surface area (Å²) in [7, 11) is 0. The highest BCUT2D eigenvalue weighted by Crippen LogP contribution is 2.39. The number of para-hydroxylation sites is 1. The molecule has 0 unspecified atom stereocenters. The lowest BCUT2D eigenvalue weighted by Crippen LogP contribution is -2.52. The zero-order valence-electron chi connectivity index (χ0n) is 16.2. The molecule has 0 amide bonds. The first-order valence-electron chi connectivity index (χ1n) is 10.3. The standard InChI is InChI=1S/C23H29FN2O2/c24-21-6-1-2-7-22(21)26-14-12-25(13-15-26)20-8-10-23(28,11-9-20)19-5-3-4-18(16-19)17-27/h1-7,16,20,27-28H,8-15,17H2. The van der Waals surface area contributed by atoms with Gasteiger partial charge in [0.1, 0.15) is 5.82 Å². The molecule has 5 heteroatoms. The second-order valence-corrected chi connectivity index (χ2v) is 8.10. The SMILES string of the molecule is OCc1cccc(C2(O)CCC(N3CCN(c4ccccc4F)CC3)CC2)c1. The molecule has 2 N–H and O–H groups in total. The van der Waals surface area contributed by atoms with Gasteiger partial charge < -0.3 is 15.1 Å². The highest BCUT2D eigenvalue weighted by molar-refractivity contribution is 5.48. The minimum absolute atomic E-state index is 0.00116. The molecule has 2 aromatic rings. The maximum Gasteiger partial charge on any atom is 0.146 e. The Labute approximate surface area is 166 Å². The normalized spacial score (nSPS) is 26.4. The lowest BCUT2D eigenvalue weighted by Gasteiger charge is -2.44. The van der Waals surface area contributed by atoms with E-state index in [0.29, 0.717) is 11.7 Å². The van der Waals surface area contributed by atoms with Gasteiger partial charge in [0.2, 0.25) is 0 Å². The molecule has 1 aliphatic heterocycles. The van der Waals surface area contributed by atoms with E-state index in [-0.39, 0.29) is 12.4 Å². The van der Waals surface area contributed by atoms with Gasteiger partial charge in [-0.15, -0.1) is 0 Å². The Kier molecular flexibility index (Phi) is 5.67. The first-order valence-corrected chi connectivity index (χ1v) is 10.3. The predicted octanol–water partition coefficient (Wildman–Crippen LogP) is 3.27. The monoisotopic (exact) mass is 384 g/mol.